The van der Waals surface area contributed by atoms with E-state index in [0.717, 1.165) is 32.0 Å². The van der Waals surface area contributed by atoms with Crippen LogP contribution in [0.1, 0.15) is 37.2 Å². The SMILES string of the molecule is CC1(C)CCN(CC(=O)c2cc3c(F)cc(F)cc3[nH]2)CC1. The van der Waals surface area contributed by atoms with Gasteiger partial charge in [0.15, 0.2) is 5.78 Å². The van der Waals surface area contributed by atoms with Crippen molar-refractivity contribution in [2.45, 2.75) is 26.7 Å². The third-order valence-electron chi connectivity index (χ3n) is 4.53. The van der Waals surface area contributed by atoms with Crippen LogP contribution in [0.2, 0.25) is 0 Å². The Labute approximate surface area is 128 Å². The van der Waals surface area contributed by atoms with E-state index in [0.29, 0.717) is 23.2 Å². The second-order valence-corrected chi connectivity index (χ2v) is 6.90. The first kappa shape index (κ1) is 15.2. The number of hydrogen-bond acceptors (Lipinski definition) is 2. The molecule has 22 heavy (non-hydrogen) atoms. The molecule has 3 nitrogen and oxygen atoms in total. The Kier molecular flexibility index (Phi) is 3.77. The number of benzene rings is 1. The summed E-state index contributed by atoms with van der Waals surface area (Å²) >= 11 is 0. The van der Waals surface area contributed by atoms with Crippen molar-refractivity contribution in [3.63, 3.8) is 0 Å². The molecule has 0 radical (unpaired) electrons. The molecule has 0 unspecified atom stereocenters. The zero-order valence-corrected chi connectivity index (χ0v) is 12.9. The molecular formula is C17H20F2N2O. The molecule has 0 atom stereocenters. The molecule has 1 aromatic heterocycles. The number of ketones is 1. The highest BCUT2D eigenvalue weighted by Crippen LogP contribution is 2.29. The molecule has 2 heterocycles. The summed E-state index contributed by atoms with van der Waals surface area (Å²) in [6.07, 6.45) is 2.12. The number of aromatic amines is 1. The van der Waals surface area contributed by atoms with Crippen LogP contribution in [0.25, 0.3) is 10.9 Å². The quantitative estimate of drug-likeness (QED) is 0.877. The van der Waals surface area contributed by atoms with E-state index < -0.39 is 11.6 Å². The number of likely N-dealkylation sites (tertiary alicyclic amines) is 1. The predicted molar refractivity (Wildman–Crippen MR) is 82.0 cm³/mol. The number of hydrogen-bond donors (Lipinski definition) is 1. The van der Waals surface area contributed by atoms with E-state index in [1.807, 2.05) is 0 Å². The van der Waals surface area contributed by atoms with Crippen LogP contribution in [-0.2, 0) is 0 Å². The van der Waals surface area contributed by atoms with Crippen LogP contribution in [0.3, 0.4) is 0 Å². The first-order valence-electron chi connectivity index (χ1n) is 7.57. The number of halogens is 2. The summed E-state index contributed by atoms with van der Waals surface area (Å²) in [6, 6.07) is 3.51. The zero-order chi connectivity index (χ0) is 15.9. The van der Waals surface area contributed by atoms with Gasteiger partial charge in [0.2, 0.25) is 0 Å². The Bertz CT molecular complexity index is 711. The number of nitrogens with zero attached hydrogens (tertiary/aromatic N) is 1. The molecule has 2 aromatic rings. The fourth-order valence-electron chi connectivity index (χ4n) is 2.92. The average Bonchev–Trinajstić information content (AvgIpc) is 2.85. The molecule has 5 heteroatoms. The second-order valence-electron chi connectivity index (χ2n) is 6.90. The maximum absolute atomic E-state index is 13.7. The van der Waals surface area contributed by atoms with E-state index in [9.17, 15) is 13.6 Å². The van der Waals surface area contributed by atoms with E-state index >= 15 is 0 Å². The third-order valence-corrected chi connectivity index (χ3v) is 4.53. The van der Waals surface area contributed by atoms with Crippen molar-refractivity contribution in [2.75, 3.05) is 19.6 Å². The van der Waals surface area contributed by atoms with Gasteiger partial charge in [-0.3, -0.25) is 9.69 Å². The van der Waals surface area contributed by atoms with Crippen molar-refractivity contribution in [2.24, 2.45) is 5.41 Å². The van der Waals surface area contributed by atoms with E-state index in [2.05, 4.69) is 23.7 Å². The summed E-state index contributed by atoms with van der Waals surface area (Å²) in [7, 11) is 0. The van der Waals surface area contributed by atoms with Crippen molar-refractivity contribution >= 4 is 16.7 Å². The smallest absolute Gasteiger partial charge is 0.192 e. The third kappa shape index (κ3) is 3.04. The summed E-state index contributed by atoms with van der Waals surface area (Å²) in [5.41, 5.74) is 0.992. The van der Waals surface area contributed by atoms with Crippen LogP contribution < -0.4 is 0 Å². The summed E-state index contributed by atoms with van der Waals surface area (Å²) in [5.74, 6) is -1.38. The van der Waals surface area contributed by atoms with Crippen LogP contribution in [0.4, 0.5) is 8.78 Å². The van der Waals surface area contributed by atoms with Crippen LogP contribution in [-0.4, -0.2) is 35.3 Å². The molecule has 0 bridgehead atoms. The summed E-state index contributed by atoms with van der Waals surface area (Å²) < 4.78 is 26.9. The molecule has 1 saturated heterocycles. The molecule has 3 rings (SSSR count). The van der Waals surface area contributed by atoms with Gasteiger partial charge in [-0.25, -0.2) is 8.78 Å². The molecular weight excluding hydrogens is 286 g/mol. The Morgan fingerprint density at radius 1 is 1.23 bits per heavy atom. The minimum atomic E-state index is -0.649. The zero-order valence-electron chi connectivity index (χ0n) is 12.9. The summed E-state index contributed by atoms with van der Waals surface area (Å²) in [4.78, 5) is 17.3. The number of carbonyl (C=O) groups excluding carboxylic acids is 1. The molecule has 0 spiro atoms. The number of nitrogens with one attached hydrogen (secondary N) is 1. The highest BCUT2D eigenvalue weighted by Gasteiger charge is 2.26. The van der Waals surface area contributed by atoms with Gasteiger partial charge in [0.05, 0.1) is 17.8 Å². The van der Waals surface area contributed by atoms with Crippen LogP contribution in [0.15, 0.2) is 18.2 Å². The average molecular weight is 306 g/mol. The standard InChI is InChI=1S/C17H20F2N2O/c1-17(2)3-5-21(6-4-17)10-16(22)15-9-12-13(19)7-11(18)8-14(12)20-15/h7-9,20H,3-6,10H2,1-2H3. The van der Waals surface area contributed by atoms with E-state index in [-0.39, 0.29) is 11.2 Å². The largest absolute Gasteiger partial charge is 0.352 e. The lowest BCUT2D eigenvalue weighted by atomic mass is 9.82. The molecule has 0 amide bonds. The van der Waals surface area contributed by atoms with Gasteiger partial charge in [-0.05, 0) is 43.5 Å². The van der Waals surface area contributed by atoms with E-state index in [1.54, 1.807) is 0 Å². The normalized spacial score (nSPS) is 18.7. The molecule has 0 aliphatic carbocycles. The van der Waals surface area contributed by atoms with Gasteiger partial charge in [-0.1, -0.05) is 13.8 Å². The lowest BCUT2D eigenvalue weighted by Gasteiger charge is -2.36. The molecule has 0 saturated carbocycles. The van der Waals surface area contributed by atoms with Gasteiger partial charge < -0.3 is 4.98 Å². The number of carbonyl (C=O) groups is 1. The Morgan fingerprint density at radius 2 is 1.91 bits per heavy atom. The summed E-state index contributed by atoms with van der Waals surface area (Å²) in [6.45, 7) is 6.57. The van der Waals surface area contributed by atoms with Gasteiger partial charge in [-0.2, -0.15) is 0 Å². The van der Waals surface area contributed by atoms with Gasteiger partial charge >= 0.3 is 0 Å². The number of Topliss-reactive ketones (excluding diaryl/α,β-unsaturated/α-hetero) is 1. The fourth-order valence-corrected chi connectivity index (χ4v) is 2.92. The van der Waals surface area contributed by atoms with Gasteiger partial charge in [0.25, 0.3) is 0 Å². The monoisotopic (exact) mass is 306 g/mol. The van der Waals surface area contributed by atoms with Crippen molar-refractivity contribution in [1.82, 2.24) is 9.88 Å². The molecule has 1 aliphatic heterocycles. The Hall–Kier alpha value is -1.75. The van der Waals surface area contributed by atoms with Gasteiger partial charge in [-0.15, -0.1) is 0 Å². The minimum Gasteiger partial charge on any atom is -0.352 e. The van der Waals surface area contributed by atoms with Crippen molar-refractivity contribution < 1.29 is 13.6 Å². The number of fused-ring (bicyclic) bond motifs is 1. The van der Waals surface area contributed by atoms with Crippen LogP contribution in [0, 0.1) is 17.0 Å². The number of H-pyrrole nitrogens is 1. The number of rotatable bonds is 3. The molecule has 1 N–H and O–H groups in total. The van der Waals surface area contributed by atoms with Crippen molar-refractivity contribution in [3.8, 4) is 0 Å². The highest BCUT2D eigenvalue weighted by atomic mass is 19.1. The maximum atomic E-state index is 13.7. The fraction of sp³-hybridized carbons (Fsp3) is 0.471. The first-order chi connectivity index (χ1) is 10.3. The van der Waals surface area contributed by atoms with Gasteiger partial charge in [0, 0.05) is 11.5 Å². The topological polar surface area (TPSA) is 36.1 Å². The molecule has 118 valence electrons. The first-order valence-corrected chi connectivity index (χ1v) is 7.57. The molecule has 1 fully saturated rings. The maximum Gasteiger partial charge on any atom is 0.192 e. The Balaban J connectivity index is 1.74. The second kappa shape index (κ2) is 5.47. The van der Waals surface area contributed by atoms with Gasteiger partial charge in [0.1, 0.15) is 11.6 Å². The Morgan fingerprint density at radius 3 is 2.59 bits per heavy atom. The number of aromatic nitrogens is 1. The van der Waals surface area contributed by atoms with E-state index in [4.69, 9.17) is 0 Å². The lowest BCUT2D eigenvalue weighted by molar-refractivity contribution is 0.0841. The highest BCUT2D eigenvalue weighted by molar-refractivity contribution is 6.00. The number of piperidine rings is 1. The minimum absolute atomic E-state index is 0.0873. The van der Waals surface area contributed by atoms with Crippen molar-refractivity contribution in [1.29, 1.82) is 0 Å². The van der Waals surface area contributed by atoms with Crippen molar-refractivity contribution in [3.05, 3.63) is 35.5 Å². The lowest BCUT2D eigenvalue weighted by Crippen LogP contribution is -2.40. The van der Waals surface area contributed by atoms with E-state index in [1.165, 1.54) is 12.1 Å². The van der Waals surface area contributed by atoms with Crippen LogP contribution >= 0.6 is 0 Å². The summed E-state index contributed by atoms with van der Waals surface area (Å²) in [5, 5.41) is 0.254. The molecule has 1 aromatic carbocycles. The van der Waals surface area contributed by atoms with Crippen LogP contribution in [0.5, 0.6) is 0 Å². The predicted octanol–water partition coefficient (Wildman–Crippen LogP) is 3.75. The molecule has 1 aliphatic rings.